The van der Waals surface area contributed by atoms with Crippen LogP contribution < -0.4 is 10.1 Å². The smallest absolute Gasteiger partial charge is 0.126 e. The Hall–Kier alpha value is -0.540. The van der Waals surface area contributed by atoms with Crippen LogP contribution in [0.1, 0.15) is 56.8 Å². The molecule has 3 heteroatoms. The number of nitrogens with one attached hydrogen (secondary N) is 1. The maximum absolute atomic E-state index is 5.74. The van der Waals surface area contributed by atoms with Crippen molar-refractivity contribution in [2.24, 2.45) is 11.8 Å². The minimum Gasteiger partial charge on any atom is -0.496 e. The highest BCUT2D eigenvalue weighted by Crippen LogP contribution is 2.40. The van der Waals surface area contributed by atoms with Crippen molar-refractivity contribution in [1.82, 2.24) is 5.32 Å². The van der Waals surface area contributed by atoms with E-state index < -0.39 is 0 Å². The average Bonchev–Trinajstić information content (AvgIpc) is 2.43. The highest BCUT2D eigenvalue weighted by atomic mass is 79.9. The van der Waals surface area contributed by atoms with E-state index in [1.165, 1.54) is 16.7 Å². The summed E-state index contributed by atoms with van der Waals surface area (Å²) in [5.41, 5.74) is 3.77. The Morgan fingerprint density at radius 2 is 1.86 bits per heavy atom. The van der Waals surface area contributed by atoms with Crippen molar-refractivity contribution in [2.45, 2.75) is 54.0 Å². The number of hydrogen-bond donors (Lipinski definition) is 1. The van der Waals surface area contributed by atoms with Crippen molar-refractivity contribution in [3.05, 3.63) is 27.2 Å². The van der Waals surface area contributed by atoms with Crippen molar-refractivity contribution in [3.8, 4) is 5.75 Å². The zero-order valence-corrected chi connectivity index (χ0v) is 16.1. The van der Waals surface area contributed by atoms with Gasteiger partial charge in [-0.05, 0) is 55.8 Å². The summed E-state index contributed by atoms with van der Waals surface area (Å²) in [5, 5.41) is 3.74. The van der Waals surface area contributed by atoms with Crippen molar-refractivity contribution < 1.29 is 4.74 Å². The number of ether oxygens (including phenoxy) is 1. The van der Waals surface area contributed by atoms with E-state index in [1.807, 2.05) is 0 Å². The van der Waals surface area contributed by atoms with Gasteiger partial charge in [-0.25, -0.2) is 0 Å². The normalized spacial score (nSPS) is 14.3. The molecule has 0 aliphatic carbocycles. The Morgan fingerprint density at radius 3 is 2.33 bits per heavy atom. The maximum Gasteiger partial charge on any atom is 0.126 e. The fraction of sp³-hybridized carbons (Fsp3) is 0.667. The fourth-order valence-electron chi connectivity index (χ4n) is 2.76. The Kier molecular flexibility index (Phi) is 7.22. The Bertz CT molecular complexity index is 471. The Morgan fingerprint density at radius 1 is 1.24 bits per heavy atom. The summed E-state index contributed by atoms with van der Waals surface area (Å²) in [5.74, 6) is 2.18. The number of methoxy groups -OCH3 is 1. The molecule has 21 heavy (non-hydrogen) atoms. The Balaban J connectivity index is 3.41. The predicted octanol–water partition coefficient (Wildman–Crippen LogP) is 5.41. The first kappa shape index (κ1) is 18.5. The monoisotopic (exact) mass is 355 g/mol. The lowest BCUT2D eigenvalue weighted by Crippen LogP contribution is -2.31. The zero-order chi connectivity index (χ0) is 16.2. The first-order valence-electron chi connectivity index (χ1n) is 7.92. The maximum atomic E-state index is 5.74. The molecule has 1 aromatic rings. The third-order valence-electron chi connectivity index (χ3n) is 4.41. The van der Waals surface area contributed by atoms with Gasteiger partial charge in [-0.15, -0.1) is 0 Å². The van der Waals surface area contributed by atoms with Crippen LogP contribution in [0.4, 0.5) is 0 Å². The average molecular weight is 356 g/mol. The van der Waals surface area contributed by atoms with E-state index in [0.29, 0.717) is 17.9 Å². The van der Waals surface area contributed by atoms with Gasteiger partial charge in [0.05, 0.1) is 7.11 Å². The second-order valence-electron chi connectivity index (χ2n) is 6.28. The van der Waals surface area contributed by atoms with Crippen LogP contribution in [-0.4, -0.2) is 13.7 Å². The van der Waals surface area contributed by atoms with Crippen molar-refractivity contribution in [2.75, 3.05) is 13.7 Å². The van der Waals surface area contributed by atoms with Gasteiger partial charge in [0.2, 0.25) is 0 Å². The first-order valence-corrected chi connectivity index (χ1v) is 8.71. The molecule has 0 aliphatic rings. The SMILES string of the molecule is CCCNC(c1c(C)c(Br)cc(C)c1OC)C(C)C(C)C. The lowest BCUT2D eigenvalue weighted by Gasteiger charge is -2.32. The molecule has 0 saturated carbocycles. The highest BCUT2D eigenvalue weighted by Gasteiger charge is 2.27. The molecular weight excluding hydrogens is 326 g/mol. The van der Waals surface area contributed by atoms with Crippen LogP contribution in [0.5, 0.6) is 5.75 Å². The zero-order valence-electron chi connectivity index (χ0n) is 14.5. The van der Waals surface area contributed by atoms with E-state index >= 15 is 0 Å². The topological polar surface area (TPSA) is 21.3 Å². The van der Waals surface area contributed by atoms with E-state index in [-0.39, 0.29) is 0 Å². The second kappa shape index (κ2) is 8.19. The van der Waals surface area contributed by atoms with E-state index in [4.69, 9.17) is 4.74 Å². The summed E-state index contributed by atoms with van der Waals surface area (Å²) < 4.78 is 6.90. The molecular formula is C18H30BrNO. The van der Waals surface area contributed by atoms with Crippen LogP contribution >= 0.6 is 15.9 Å². The Labute approximate surface area is 138 Å². The molecule has 1 N–H and O–H groups in total. The number of hydrogen-bond acceptors (Lipinski definition) is 2. The van der Waals surface area contributed by atoms with Crippen molar-refractivity contribution in [1.29, 1.82) is 0 Å². The lowest BCUT2D eigenvalue weighted by molar-refractivity contribution is 0.293. The molecule has 120 valence electrons. The lowest BCUT2D eigenvalue weighted by atomic mass is 9.83. The van der Waals surface area contributed by atoms with Crippen molar-refractivity contribution >= 4 is 15.9 Å². The van der Waals surface area contributed by atoms with E-state index in [9.17, 15) is 0 Å². The van der Waals surface area contributed by atoms with Crippen LogP contribution in [0.15, 0.2) is 10.5 Å². The van der Waals surface area contributed by atoms with Gasteiger partial charge in [0.15, 0.2) is 0 Å². The van der Waals surface area contributed by atoms with Gasteiger partial charge in [-0.1, -0.05) is 43.6 Å². The van der Waals surface area contributed by atoms with Crippen LogP contribution in [-0.2, 0) is 0 Å². The van der Waals surface area contributed by atoms with Crippen LogP contribution in [0.3, 0.4) is 0 Å². The summed E-state index contributed by atoms with van der Waals surface area (Å²) in [6, 6.07) is 2.46. The molecule has 0 amide bonds. The molecule has 0 radical (unpaired) electrons. The molecule has 0 bridgehead atoms. The quantitative estimate of drug-likeness (QED) is 0.706. The minimum absolute atomic E-state index is 0.316. The van der Waals surface area contributed by atoms with Gasteiger partial charge in [0.25, 0.3) is 0 Å². The molecule has 1 aromatic carbocycles. The third-order valence-corrected chi connectivity index (χ3v) is 5.24. The van der Waals surface area contributed by atoms with Crippen LogP contribution in [0, 0.1) is 25.7 Å². The number of rotatable bonds is 7. The molecule has 0 aromatic heterocycles. The van der Waals surface area contributed by atoms with Crippen LogP contribution in [0.2, 0.25) is 0 Å². The fourth-order valence-corrected chi connectivity index (χ4v) is 3.31. The summed E-state index contributed by atoms with van der Waals surface area (Å²) >= 11 is 3.70. The second-order valence-corrected chi connectivity index (χ2v) is 7.14. The molecule has 1 rings (SSSR count). The summed E-state index contributed by atoms with van der Waals surface area (Å²) in [4.78, 5) is 0. The summed E-state index contributed by atoms with van der Waals surface area (Å²) in [6.07, 6.45) is 1.13. The van der Waals surface area contributed by atoms with Crippen LogP contribution in [0.25, 0.3) is 0 Å². The van der Waals surface area contributed by atoms with Gasteiger partial charge in [-0.3, -0.25) is 0 Å². The van der Waals surface area contributed by atoms with E-state index in [0.717, 1.165) is 23.2 Å². The molecule has 2 nitrogen and oxygen atoms in total. The summed E-state index contributed by atoms with van der Waals surface area (Å²) in [6.45, 7) is 14.4. The third kappa shape index (κ3) is 4.23. The van der Waals surface area contributed by atoms with Gasteiger partial charge in [-0.2, -0.15) is 0 Å². The summed E-state index contributed by atoms with van der Waals surface area (Å²) in [7, 11) is 1.77. The largest absolute Gasteiger partial charge is 0.496 e. The number of halogens is 1. The first-order chi connectivity index (χ1) is 9.84. The van der Waals surface area contributed by atoms with Gasteiger partial charge in [0.1, 0.15) is 5.75 Å². The van der Waals surface area contributed by atoms with E-state index in [2.05, 4.69) is 68.9 Å². The molecule has 2 unspecified atom stereocenters. The molecule has 0 fully saturated rings. The van der Waals surface area contributed by atoms with Gasteiger partial charge in [0, 0.05) is 16.1 Å². The molecule has 0 spiro atoms. The van der Waals surface area contributed by atoms with Crippen molar-refractivity contribution in [3.63, 3.8) is 0 Å². The number of benzene rings is 1. The van der Waals surface area contributed by atoms with Gasteiger partial charge >= 0.3 is 0 Å². The molecule has 0 aliphatic heterocycles. The predicted molar refractivity (Wildman–Crippen MR) is 95.2 cm³/mol. The highest BCUT2D eigenvalue weighted by molar-refractivity contribution is 9.10. The standard InChI is InChI=1S/C18H30BrNO/c1-8-9-20-17(13(5)11(2)3)16-14(6)15(19)10-12(4)18(16)21-7/h10-11,13,17,20H,8-9H2,1-7H3. The van der Waals surface area contributed by atoms with E-state index in [1.54, 1.807) is 7.11 Å². The molecule has 2 atom stereocenters. The minimum atomic E-state index is 0.316. The van der Waals surface area contributed by atoms with Gasteiger partial charge < -0.3 is 10.1 Å². The molecule has 0 heterocycles. The number of aryl methyl sites for hydroxylation is 1. The molecule has 0 saturated heterocycles.